The van der Waals surface area contributed by atoms with Crippen molar-refractivity contribution in [2.24, 2.45) is 0 Å². The van der Waals surface area contributed by atoms with Crippen molar-refractivity contribution in [1.82, 2.24) is 9.88 Å². The van der Waals surface area contributed by atoms with Crippen LogP contribution in [0.15, 0.2) is 24.5 Å². The lowest BCUT2D eigenvalue weighted by molar-refractivity contribution is 0.0136. The molecule has 1 aromatic rings. The smallest absolute Gasteiger partial charge is 0.125 e. The van der Waals surface area contributed by atoms with Crippen molar-refractivity contribution in [1.29, 1.82) is 5.26 Å². The second kappa shape index (κ2) is 9.42. The van der Waals surface area contributed by atoms with Crippen molar-refractivity contribution in [3.63, 3.8) is 0 Å². The molecule has 0 aliphatic carbocycles. The van der Waals surface area contributed by atoms with Gasteiger partial charge in [-0.25, -0.2) is 0 Å². The summed E-state index contributed by atoms with van der Waals surface area (Å²) < 4.78 is 5.80. The number of nitriles is 1. The predicted octanol–water partition coefficient (Wildman–Crippen LogP) is 3.71. The fourth-order valence-corrected chi connectivity index (χ4v) is 3.01. The zero-order chi connectivity index (χ0) is 17.3. The van der Waals surface area contributed by atoms with Crippen molar-refractivity contribution in [3.05, 3.63) is 30.1 Å². The van der Waals surface area contributed by atoms with E-state index < -0.39 is 5.60 Å². The SMILES string of the molecule is CC[C@@](C)(C#CCN1CCCC[C@H]1c1cccnc1)OCCC#N. The van der Waals surface area contributed by atoms with E-state index >= 15 is 0 Å². The number of pyridine rings is 1. The Morgan fingerprint density at radius 1 is 1.46 bits per heavy atom. The molecule has 1 fully saturated rings. The zero-order valence-corrected chi connectivity index (χ0v) is 14.8. The van der Waals surface area contributed by atoms with Gasteiger partial charge in [0.2, 0.25) is 0 Å². The highest BCUT2D eigenvalue weighted by molar-refractivity contribution is 5.18. The molecule has 24 heavy (non-hydrogen) atoms. The summed E-state index contributed by atoms with van der Waals surface area (Å²) in [6.45, 7) is 6.34. The average molecular weight is 325 g/mol. The summed E-state index contributed by atoms with van der Waals surface area (Å²) in [6, 6.07) is 6.68. The van der Waals surface area contributed by atoms with E-state index in [1.54, 1.807) is 0 Å². The van der Waals surface area contributed by atoms with Gasteiger partial charge in [-0.3, -0.25) is 9.88 Å². The van der Waals surface area contributed by atoms with Crippen LogP contribution in [0.1, 0.15) is 57.6 Å². The van der Waals surface area contributed by atoms with Gasteiger partial charge in [0.1, 0.15) is 5.60 Å². The fourth-order valence-electron chi connectivity index (χ4n) is 3.01. The van der Waals surface area contributed by atoms with E-state index in [9.17, 15) is 0 Å². The molecule has 2 rings (SSSR count). The molecule has 2 atom stereocenters. The van der Waals surface area contributed by atoms with Gasteiger partial charge in [-0.15, -0.1) is 0 Å². The molecule has 0 spiro atoms. The number of piperidine rings is 1. The summed E-state index contributed by atoms with van der Waals surface area (Å²) in [5.41, 5.74) is 0.818. The summed E-state index contributed by atoms with van der Waals surface area (Å²) in [6.07, 6.45) is 8.66. The van der Waals surface area contributed by atoms with E-state index in [2.05, 4.69) is 40.8 Å². The first-order valence-electron chi connectivity index (χ1n) is 8.83. The van der Waals surface area contributed by atoms with Gasteiger partial charge < -0.3 is 4.74 Å². The topological polar surface area (TPSA) is 49.2 Å². The first-order chi connectivity index (χ1) is 11.7. The molecule has 0 saturated carbocycles. The second-order valence-electron chi connectivity index (χ2n) is 6.41. The summed E-state index contributed by atoms with van der Waals surface area (Å²) in [4.78, 5) is 6.70. The molecule has 0 aromatic carbocycles. The number of aromatic nitrogens is 1. The summed E-state index contributed by atoms with van der Waals surface area (Å²) in [7, 11) is 0. The Kier molecular flexibility index (Phi) is 7.25. The van der Waals surface area contributed by atoms with E-state index in [0.717, 1.165) is 25.9 Å². The molecule has 0 N–H and O–H groups in total. The van der Waals surface area contributed by atoms with Crippen LogP contribution in [0.3, 0.4) is 0 Å². The lowest BCUT2D eigenvalue weighted by Crippen LogP contribution is -2.34. The number of nitrogens with zero attached hydrogens (tertiary/aromatic N) is 3. The Bertz CT molecular complexity index is 599. The molecule has 1 aliphatic heterocycles. The van der Waals surface area contributed by atoms with Gasteiger partial charge in [-0.05, 0) is 44.4 Å². The minimum absolute atomic E-state index is 0.409. The van der Waals surface area contributed by atoms with Gasteiger partial charge in [0.15, 0.2) is 0 Å². The fraction of sp³-hybridized carbons (Fsp3) is 0.600. The first kappa shape index (κ1) is 18.5. The summed E-state index contributed by atoms with van der Waals surface area (Å²) >= 11 is 0. The third-order valence-electron chi connectivity index (χ3n) is 4.63. The number of ether oxygens (including phenoxy) is 1. The summed E-state index contributed by atoms with van der Waals surface area (Å²) in [5.74, 6) is 6.61. The molecule has 4 nitrogen and oxygen atoms in total. The molecule has 1 aromatic heterocycles. The molecular weight excluding hydrogens is 298 g/mol. The number of rotatable bonds is 6. The summed E-state index contributed by atoms with van der Waals surface area (Å²) in [5, 5.41) is 8.64. The van der Waals surface area contributed by atoms with Crippen molar-refractivity contribution >= 4 is 0 Å². The maximum Gasteiger partial charge on any atom is 0.125 e. The van der Waals surface area contributed by atoms with Gasteiger partial charge in [-0.2, -0.15) is 5.26 Å². The second-order valence-corrected chi connectivity index (χ2v) is 6.41. The number of hydrogen-bond donors (Lipinski definition) is 0. The van der Waals surface area contributed by atoms with Gasteiger partial charge >= 0.3 is 0 Å². The van der Waals surface area contributed by atoms with Crippen LogP contribution in [-0.2, 0) is 4.74 Å². The minimum Gasteiger partial charge on any atom is -0.362 e. The Morgan fingerprint density at radius 2 is 2.33 bits per heavy atom. The molecule has 0 amide bonds. The van der Waals surface area contributed by atoms with Crippen LogP contribution in [-0.4, -0.2) is 35.2 Å². The largest absolute Gasteiger partial charge is 0.362 e. The lowest BCUT2D eigenvalue weighted by atomic mass is 9.96. The Balaban J connectivity index is 1.99. The molecule has 0 radical (unpaired) electrons. The molecular formula is C20H27N3O. The average Bonchev–Trinajstić information content (AvgIpc) is 2.63. The monoisotopic (exact) mass is 325 g/mol. The van der Waals surface area contributed by atoms with Gasteiger partial charge in [0.25, 0.3) is 0 Å². The van der Waals surface area contributed by atoms with Crippen molar-refractivity contribution in [3.8, 4) is 17.9 Å². The maximum atomic E-state index is 8.64. The van der Waals surface area contributed by atoms with E-state index in [0.29, 0.717) is 19.1 Å². The van der Waals surface area contributed by atoms with Crippen LogP contribution in [0.4, 0.5) is 0 Å². The Labute approximate surface area is 145 Å². The van der Waals surface area contributed by atoms with Crippen LogP contribution in [0, 0.1) is 23.2 Å². The third kappa shape index (κ3) is 5.34. The van der Waals surface area contributed by atoms with Gasteiger partial charge in [-0.1, -0.05) is 31.3 Å². The predicted molar refractivity (Wildman–Crippen MR) is 95.1 cm³/mol. The quantitative estimate of drug-likeness (QED) is 0.591. The highest BCUT2D eigenvalue weighted by Crippen LogP contribution is 2.29. The van der Waals surface area contributed by atoms with Crippen molar-refractivity contribution < 1.29 is 4.74 Å². The van der Waals surface area contributed by atoms with Gasteiger partial charge in [0.05, 0.1) is 25.6 Å². The number of hydrogen-bond acceptors (Lipinski definition) is 4. The highest BCUT2D eigenvalue weighted by Gasteiger charge is 2.24. The molecule has 1 saturated heterocycles. The van der Waals surface area contributed by atoms with E-state index in [1.807, 2.05) is 25.4 Å². The molecule has 4 heteroatoms. The molecule has 1 aliphatic rings. The lowest BCUT2D eigenvalue weighted by Gasteiger charge is -2.34. The van der Waals surface area contributed by atoms with Crippen LogP contribution in [0.5, 0.6) is 0 Å². The standard InChI is InChI=1S/C20H27N3O/c1-3-20(2,24-16-8-12-21)11-7-15-23-14-5-4-10-19(23)18-9-6-13-22-17-18/h6,9,13,17,19H,3-5,8,10,14-16H2,1-2H3/t19-,20-/m0/s1. The van der Waals surface area contributed by atoms with Crippen LogP contribution < -0.4 is 0 Å². The zero-order valence-electron chi connectivity index (χ0n) is 14.8. The first-order valence-corrected chi connectivity index (χ1v) is 8.83. The van der Waals surface area contributed by atoms with E-state index in [1.165, 1.54) is 18.4 Å². The number of likely N-dealkylation sites (tertiary alicyclic amines) is 1. The Hall–Kier alpha value is -1.88. The molecule has 2 heterocycles. The normalized spacial score (nSPS) is 20.5. The highest BCUT2D eigenvalue weighted by atomic mass is 16.5. The maximum absolute atomic E-state index is 8.64. The molecule has 0 unspecified atom stereocenters. The third-order valence-corrected chi connectivity index (χ3v) is 4.63. The van der Waals surface area contributed by atoms with E-state index in [4.69, 9.17) is 10.00 Å². The minimum atomic E-state index is -0.462. The molecule has 0 bridgehead atoms. The Morgan fingerprint density at radius 3 is 3.04 bits per heavy atom. The van der Waals surface area contributed by atoms with E-state index in [-0.39, 0.29) is 0 Å². The van der Waals surface area contributed by atoms with Crippen molar-refractivity contribution in [2.45, 2.75) is 57.6 Å². The van der Waals surface area contributed by atoms with Gasteiger partial charge in [0, 0.05) is 18.4 Å². The van der Waals surface area contributed by atoms with Crippen molar-refractivity contribution in [2.75, 3.05) is 19.7 Å². The van der Waals surface area contributed by atoms with Crippen LogP contribution >= 0.6 is 0 Å². The van der Waals surface area contributed by atoms with Crippen LogP contribution in [0.25, 0.3) is 0 Å². The van der Waals surface area contributed by atoms with Crippen LogP contribution in [0.2, 0.25) is 0 Å². The molecule has 128 valence electrons.